The van der Waals surface area contributed by atoms with E-state index in [0.29, 0.717) is 0 Å². The molecule has 8 heteroatoms. The Hall–Kier alpha value is -2.38. The number of amides is 1. The third-order valence-electron chi connectivity index (χ3n) is 2.82. The van der Waals surface area contributed by atoms with Gasteiger partial charge in [0.25, 0.3) is 5.91 Å². The molecule has 1 rings (SSSR count). The van der Waals surface area contributed by atoms with Gasteiger partial charge in [-0.1, -0.05) is 6.92 Å². The van der Waals surface area contributed by atoms with E-state index in [1.807, 2.05) is 0 Å². The van der Waals surface area contributed by atoms with Gasteiger partial charge in [-0.2, -0.15) is 0 Å². The molecule has 1 N–H and O–H groups in total. The lowest BCUT2D eigenvalue weighted by Gasteiger charge is -2.18. The molecule has 0 aromatic carbocycles. The van der Waals surface area contributed by atoms with Crippen molar-refractivity contribution >= 4 is 17.7 Å². The van der Waals surface area contributed by atoms with E-state index < -0.39 is 22.7 Å². The molecule has 1 heterocycles. The smallest absolute Gasteiger partial charge is 0.323 e. The monoisotopic (exact) mass is 269 g/mol. The number of aliphatic carboxylic acids is 1. The van der Waals surface area contributed by atoms with E-state index in [1.165, 1.54) is 42.6 Å². The van der Waals surface area contributed by atoms with E-state index in [4.69, 9.17) is 5.11 Å². The van der Waals surface area contributed by atoms with Crippen molar-refractivity contribution in [2.24, 2.45) is 13.0 Å². The van der Waals surface area contributed by atoms with Crippen molar-refractivity contribution < 1.29 is 19.6 Å². The van der Waals surface area contributed by atoms with Crippen molar-refractivity contribution in [3.63, 3.8) is 0 Å². The van der Waals surface area contributed by atoms with Crippen LogP contribution >= 0.6 is 0 Å². The van der Waals surface area contributed by atoms with Gasteiger partial charge in [-0.05, 0) is 11.0 Å². The van der Waals surface area contributed by atoms with E-state index >= 15 is 0 Å². The van der Waals surface area contributed by atoms with Crippen molar-refractivity contribution in [3.8, 4) is 0 Å². The number of nitro groups is 1. The lowest BCUT2D eigenvalue weighted by Crippen LogP contribution is -2.34. The first kappa shape index (κ1) is 14.7. The average molecular weight is 269 g/mol. The number of carboxylic acid groups (broad SMARTS) is 1. The second kappa shape index (κ2) is 5.51. The van der Waals surface area contributed by atoms with Crippen LogP contribution in [0.2, 0.25) is 0 Å². The summed E-state index contributed by atoms with van der Waals surface area (Å²) in [7, 11) is 2.88. The fourth-order valence-electron chi connectivity index (χ4n) is 1.67. The van der Waals surface area contributed by atoms with Gasteiger partial charge in [0.1, 0.15) is 0 Å². The molecule has 0 saturated carbocycles. The summed E-state index contributed by atoms with van der Waals surface area (Å²) in [6.45, 7) is 1.52. The summed E-state index contributed by atoms with van der Waals surface area (Å²) in [6, 6.07) is 2.59. The predicted molar refractivity (Wildman–Crippen MR) is 65.8 cm³/mol. The van der Waals surface area contributed by atoms with Crippen molar-refractivity contribution in [2.75, 3.05) is 13.6 Å². The molecule has 1 aromatic rings. The SMILES string of the molecule is CC(CN(C)C(=O)c1ccc([N+](=O)[O-])n1C)C(=O)O. The van der Waals surface area contributed by atoms with Crippen LogP contribution in [0.25, 0.3) is 0 Å². The van der Waals surface area contributed by atoms with Crippen LogP contribution < -0.4 is 0 Å². The standard InChI is InChI=1S/C11H15N3O5/c1-7(11(16)17)6-12(2)10(15)8-4-5-9(13(8)3)14(18)19/h4-5,7H,6H2,1-3H3,(H,16,17). The second-order valence-corrected chi connectivity index (χ2v) is 4.32. The molecule has 1 aromatic heterocycles. The highest BCUT2D eigenvalue weighted by Gasteiger charge is 2.25. The van der Waals surface area contributed by atoms with Crippen molar-refractivity contribution in [2.45, 2.75) is 6.92 Å². The topological polar surface area (TPSA) is 106 Å². The highest BCUT2D eigenvalue weighted by atomic mass is 16.6. The van der Waals surface area contributed by atoms with Crippen LogP contribution in [0, 0.1) is 16.0 Å². The molecule has 0 aliphatic carbocycles. The quantitative estimate of drug-likeness (QED) is 0.626. The lowest BCUT2D eigenvalue weighted by atomic mass is 10.1. The van der Waals surface area contributed by atoms with Gasteiger partial charge in [-0.25, -0.2) is 4.57 Å². The molecule has 0 spiro atoms. The number of rotatable bonds is 5. The number of nitrogens with zero attached hydrogens (tertiary/aromatic N) is 3. The largest absolute Gasteiger partial charge is 0.481 e. The second-order valence-electron chi connectivity index (χ2n) is 4.32. The summed E-state index contributed by atoms with van der Waals surface area (Å²) in [6.07, 6.45) is 0. The first-order chi connectivity index (χ1) is 8.75. The van der Waals surface area contributed by atoms with Crippen LogP contribution in [-0.4, -0.2) is 45.0 Å². The van der Waals surface area contributed by atoms with Gasteiger partial charge >= 0.3 is 11.8 Å². The van der Waals surface area contributed by atoms with Crippen molar-refractivity contribution in [1.29, 1.82) is 0 Å². The Labute approximate surface area is 109 Å². The molecule has 0 fully saturated rings. The molecular formula is C11H15N3O5. The third-order valence-corrected chi connectivity index (χ3v) is 2.82. The van der Waals surface area contributed by atoms with Gasteiger partial charge in [-0.3, -0.25) is 9.59 Å². The first-order valence-corrected chi connectivity index (χ1v) is 5.54. The van der Waals surface area contributed by atoms with E-state index in [-0.39, 0.29) is 18.1 Å². The van der Waals surface area contributed by atoms with Gasteiger partial charge in [0.2, 0.25) is 0 Å². The van der Waals surface area contributed by atoms with Gasteiger partial charge < -0.3 is 20.1 Å². The third kappa shape index (κ3) is 3.09. The molecule has 0 radical (unpaired) electrons. The van der Waals surface area contributed by atoms with Crippen LogP contribution in [0.5, 0.6) is 0 Å². The molecule has 0 aliphatic rings. The molecule has 0 saturated heterocycles. The summed E-state index contributed by atoms with van der Waals surface area (Å²) >= 11 is 0. The van der Waals surface area contributed by atoms with Crippen molar-refractivity contribution in [3.05, 3.63) is 27.9 Å². The summed E-state index contributed by atoms with van der Waals surface area (Å²) in [4.78, 5) is 34.1. The van der Waals surface area contributed by atoms with E-state index in [9.17, 15) is 19.7 Å². The average Bonchev–Trinajstić information content (AvgIpc) is 2.69. The summed E-state index contributed by atoms with van der Waals surface area (Å²) in [5.74, 6) is -2.35. The number of aromatic nitrogens is 1. The Kier molecular flexibility index (Phi) is 4.26. The summed E-state index contributed by atoms with van der Waals surface area (Å²) < 4.78 is 1.17. The van der Waals surface area contributed by atoms with Gasteiger partial charge in [0, 0.05) is 19.7 Å². The minimum Gasteiger partial charge on any atom is -0.481 e. The Bertz CT molecular complexity index is 522. The molecule has 0 aliphatic heterocycles. The van der Waals surface area contributed by atoms with E-state index in [2.05, 4.69) is 0 Å². The number of hydrogen-bond acceptors (Lipinski definition) is 4. The van der Waals surface area contributed by atoms with Crippen LogP contribution in [0.4, 0.5) is 5.82 Å². The first-order valence-electron chi connectivity index (χ1n) is 5.54. The van der Waals surface area contributed by atoms with Crippen LogP contribution in [0.1, 0.15) is 17.4 Å². The van der Waals surface area contributed by atoms with Crippen LogP contribution in [0.15, 0.2) is 12.1 Å². The van der Waals surface area contributed by atoms with Gasteiger partial charge in [0.15, 0.2) is 5.69 Å². The fraction of sp³-hybridized carbons (Fsp3) is 0.455. The molecule has 0 bridgehead atoms. The number of carbonyl (C=O) groups excluding carboxylic acids is 1. The Morgan fingerprint density at radius 1 is 1.53 bits per heavy atom. The molecule has 104 valence electrons. The van der Waals surface area contributed by atoms with Crippen LogP contribution in [-0.2, 0) is 11.8 Å². The highest BCUT2D eigenvalue weighted by molar-refractivity contribution is 5.93. The van der Waals surface area contributed by atoms with Crippen molar-refractivity contribution in [1.82, 2.24) is 9.47 Å². The minimum atomic E-state index is -1.00. The molecule has 8 nitrogen and oxygen atoms in total. The number of carbonyl (C=O) groups is 2. The fourth-order valence-corrected chi connectivity index (χ4v) is 1.67. The number of carboxylic acids is 1. The normalized spacial score (nSPS) is 11.9. The minimum absolute atomic E-state index is 0.0349. The summed E-state index contributed by atoms with van der Waals surface area (Å²) in [5.41, 5.74) is 0.145. The molecule has 19 heavy (non-hydrogen) atoms. The molecular weight excluding hydrogens is 254 g/mol. The highest BCUT2D eigenvalue weighted by Crippen LogP contribution is 2.16. The zero-order chi connectivity index (χ0) is 14.7. The maximum absolute atomic E-state index is 12.0. The maximum atomic E-state index is 12.0. The molecule has 1 amide bonds. The zero-order valence-corrected chi connectivity index (χ0v) is 10.9. The van der Waals surface area contributed by atoms with E-state index in [1.54, 1.807) is 0 Å². The van der Waals surface area contributed by atoms with Crippen LogP contribution in [0.3, 0.4) is 0 Å². The summed E-state index contributed by atoms with van der Waals surface area (Å²) in [5, 5.41) is 19.5. The Morgan fingerprint density at radius 3 is 2.53 bits per heavy atom. The zero-order valence-electron chi connectivity index (χ0n) is 10.9. The lowest BCUT2D eigenvalue weighted by molar-refractivity contribution is -0.391. The maximum Gasteiger partial charge on any atom is 0.323 e. The van der Waals surface area contributed by atoms with E-state index in [0.717, 1.165) is 0 Å². The predicted octanol–water partition coefficient (Wildman–Crippen LogP) is 0.726. The molecule has 1 atom stereocenters. The van der Waals surface area contributed by atoms with Gasteiger partial charge in [-0.15, -0.1) is 0 Å². The Balaban J connectivity index is 2.89. The molecule has 1 unspecified atom stereocenters. The Morgan fingerprint density at radius 2 is 2.11 bits per heavy atom. The van der Waals surface area contributed by atoms with Gasteiger partial charge in [0.05, 0.1) is 13.0 Å². The number of hydrogen-bond donors (Lipinski definition) is 1.